The smallest absolute Gasteiger partial charge is 0.410 e. The third-order valence-corrected chi connectivity index (χ3v) is 6.41. The van der Waals surface area contributed by atoms with E-state index < -0.39 is 12.5 Å². The molecule has 1 fully saturated rings. The van der Waals surface area contributed by atoms with Gasteiger partial charge in [0.1, 0.15) is 23.4 Å². The molecule has 0 bridgehead atoms. The van der Waals surface area contributed by atoms with Crippen molar-refractivity contribution in [2.24, 2.45) is 0 Å². The zero-order chi connectivity index (χ0) is 27.8. The van der Waals surface area contributed by atoms with Gasteiger partial charge in [-0.15, -0.1) is 0 Å². The summed E-state index contributed by atoms with van der Waals surface area (Å²) in [4.78, 5) is 38.2. The molecular weight excluding hydrogens is 496 g/mol. The largest absolute Gasteiger partial charge is 0.507 e. The van der Waals surface area contributed by atoms with Crippen molar-refractivity contribution in [3.05, 3.63) is 29.5 Å². The molecule has 1 aromatic carbocycles. The van der Waals surface area contributed by atoms with E-state index >= 15 is 0 Å². The summed E-state index contributed by atoms with van der Waals surface area (Å²) in [6.07, 6.45) is 2.04. The number of aromatic hydroxyl groups is 1. The summed E-state index contributed by atoms with van der Waals surface area (Å²) >= 11 is 0. The maximum absolute atomic E-state index is 12.8. The first-order valence-electron chi connectivity index (χ1n) is 12.5. The van der Waals surface area contributed by atoms with Crippen LogP contribution >= 0.6 is 0 Å². The fourth-order valence-corrected chi connectivity index (χ4v) is 4.63. The molecule has 3 unspecified atom stereocenters. The average molecular weight is 533 g/mol. The Morgan fingerprint density at radius 1 is 1.24 bits per heavy atom. The second kappa shape index (κ2) is 13.1. The second-order valence-electron chi connectivity index (χ2n) is 9.54. The highest BCUT2D eigenvalue weighted by Gasteiger charge is 2.33. The van der Waals surface area contributed by atoms with Crippen LogP contribution in [0.1, 0.15) is 62.0 Å². The van der Waals surface area contributed by atoms with Crippen LogP contribution in [0, 0.1) is 0 Å². The van der Waals surface area contributed by atoms with E-state index in [4.69, 9.17) is 18.9 Å². The lowest BCUT2D eigenvalue weighted by Gasteiger charge is -2.32. The molecule has 1 aromatic heterocycles. The van der Waals surface area contributed by atoms with Crippen LogP contribution in [0.3, 0.4) is 0 Å². The number of phenolic OH excluding ortho intramolecular Hbond substituents is 1. The maximum Gasteiger partial charge on any atom is 0.410 e. The van der Waals surface area contributed by atoms with Gasteiger partial charge in [-0.3, -0.25) is 14.7 Å². The molecule has 1 saturated carbocycles. The summed E-state index contributed by atoms with van der Waals surface area (Å²) in [6, 6.07) is 4.30. The van der Waals surface area contributed by atoms with Gasteiger partial charge >= 0.3 is 6.09 Å². The number of hydrogen-bond donors (Lipinski definition) is 3. The fourth-order valence-electron chi connectivity index (χ4n) is 4.63. The Bertz CT molecular complexity index is 1120. The van der Waals surface area contributed by atoms with Gasteiger partial charge in [-0.2, -0.15) is 5.10 Å². The fraction of sp³-hybridized carbons (Fsp3) is 0.538. The minimum Gasteiger partial charge on any atom is -0.507 e. The summed E-state index contributed by atoms with van der Waals surface area (Å²) in [7, 11) is 3.01. The third kappa shape index (κ3) is 7.15. The Kier molecular flexibility index (Phi) is 9.94. The Labute approximate surface area is 221 Å². The maximum atomic E-state index is 12.8. The molecule has 1 heterocycles. The second-order valence-corrected chi connectivity index (χ2v) is 9.54. The van der Waals surface area contributed by atoms with Gasteiger partial charge in [0, 0.05) is 43.0 Å². The number of methoxy groups -OCH3 is 2. The number of aldehydes is 1. The van der Waals surface area contributed by atoms with Crippen molar-refractivity contribution in [1.29, 1.82) is 0 Å². The summed E-state index contributed by atoms with van der Waals surface area (Å²) in [5, 5.41) is 19.7. The summed E-state index contributed by atoms with van der Waals surface area (Å²) < 4.78 is 21.5. The Balaban J connectivity index is 1.53. The van der Waals surface area contributed by atoms with Crippen molar-refractivity contribution in [2.75, 3.05) is 32.8 Å². The number of hydrogen-bond acceptors (Lipinski definition) is 9. The van der Waals surface area contributed by atoms with Crippen molar-refractivity contribution in [3.8, 4) is 17.2 Å². The van der Waals surface area contributed by atoms with Crippen molar-refractivity contribution >= 4 is 24.1 Å². The van der Waals surface area contributed by atoms with E-state index in [-0.39, 0.29) is 53.0 Å². The van der Waals surface area contributed by atoms with Crippen molar-refractivity contribution in [1.82, 2.24) is 15.1 Å². The first-order valence-corrected chi connectivity index (χ1v) is 12.5. The quantitative estimate of drug-likeness (QED) is 0.349. The first-order chi connectivity index (χ1) is 18.2. The number of H-pyrrole nitrogens is 1. The Morgan fingerprint density at radius 3 is 2.66 bits per heavy atom. The van der Waals surface area contributed by atoms with Crippen LogP contribution in [0.5, 0.6) is 17.2 Å². The lowest BCUT2D eigenvalue weighted by molar-refractivity contribution is -0.118. The van der Waals surface area contributed by atoms with Crippen LogP contribution in [0.2, 0.25) is 0 Å². The van der Waals surface area contributed by atoms with Gasteiger partial charge in [-0.1, -0.05) is 0 Å². The SMILES string of the molecule is COCC(C)N(C(=O)OC1CCC(c2cc(NC(=O)COc3cc(OC)cc(O)c3C=O)n[nH]2)C1)C(C)C. The van der Waals surface area contributed by atoms with Gasteiger partial charge in [-0.05, 0) is 40.0 Å². The predicted molar refractivity (Wildman–Crippen MR) is 138 cm³/mol. The number of nitrogens with one attached hydrogen (secondary N) is 2. The number of benzene rings is 1. The number of carbonyl (C=O) groups excluding carboxylic acids is 3. The topological polar surface area (TPSA) is 152 Å². The number of nitrogens with zero attached hydrogens (tertiary/aromatic N) is 2. The van der Waals surface area contributed by atoms with Gasteiger partial charge in [0.15, 0.2) is 18.7 Å². The lowest BCUT2D eigenvalue weighted by atomic mass is 10.0. The standard InChI is InChI=1S/C26H36N4O8/c1-15(2)30(16(3)13-35-4)26(34)38-18-7-6-17(8-18)21-11-24(29-28-21)27-25(33)14-37-23-10-19(36-5)9-22(32)20(23)12-31/h9-12,15-18,32H,6-8,13-14H2,1-5H3,(H2,27,28,29,33). The van der Waals surface area contributed by atoms with Gasteiger partial charge in [0.25, 0.3) is 5.91 Å². The van der Waals surface area contributed by atoms with Crippen molar-refractivity contribution < 1.29 is 38.4 Å². The van der Waals surface area contributed by atoms with E-state index in [1.54, 1.807) is 18.1 Å². The molecule has 0 radical (unpaired) electrons. The normalized spacial score (nSPS) is 17.6. The van der Waals surface area contributed by atoms with Crippen LogP contribution in [-0.4, -0.2) is 84.1 Å². The van der Waals surface area contributed by atoms with E-state index in [0.717, 1.165) is 18.5 Å². The van der Waals surface area contributed by atoms with Crippen LogP contribution < -0.4 is 14.8 Å². The molecule has 12 heteroatoms. The average Bonchev–Trinajstić information content (AvgIpc) is 3.52. The molecule has 0 aliphatic heterocycles. The zero-order valence-corrected chi connectivity index (χ0v) is 22.4. The molecule has 0 saturated heterocycles. The Hall–Kier alpha value is -3.80. The summed E-state index contributed by atoms with van der Waals surface area (Å²) in [5.74, 6) is -0.0946. The van der Waals surface area contributed by atoms with Gasteiger partial charge < -0.3 is 34.3 Å². The van der Waals surface area contributed by atoms with Crippen LogP contribution in [0.15, 0.2) is 18.2 Å². The van der Waals surface area contributed by atoms with E-state index in [1.807, 2.05) is 20.8 Å². The number of carbonyl (C=O) groups is 3. The minimum absolute atomic E-state index is 0.0211. The van der Waals surface area contributed by atoms with Gasteiger partial charge in [0.2, 0.25) is 0 Å². The molecule has 3 N–H and O–H groups in total. The molecule has 3 rings (SSSR count). The van der Waals surface area contributed by atoms with E-state index in [1.165, 1.54) is 19.2 Å². The van der Waals surface area contributed by atoms with Crippen LogP contribution in [0.25, 0.3) is 0 Å². The number of phenols is 1. The number of anilines is 1. The van der Waals surface area contributed by atoms with Crippen molar-refractivity contribution in [3.63, 3.8) is 0 Å². The highest BCUT2D eigenvalue weighted by molar-refractivity contribution is 5.91. The van der Waals surface area contributed by atoms with Gasteiger partial charge in [0.05, 0.1) is 25.3 Å². The molecule has 12 nitrogen and oxygen atoms in total. The number of ether oxygens (including phenoxy) is 4. The number of rotatable bonds is 12. The summed E-state index contributed by atoms with van der Waals surface area (Å²) in [5.41, 5.74) is 0.746. The van der Waals surface area contributed by atoms with E-state index in [2.05, 4.69) is 15.5 Å². The minimum atomic E-state index is -0.501. The van der Waals surface area contributed by atoms with Crippen LogP contribution in [-0.2, 0) is 14.3 Å². The highest BCUT2D eigenvalue weighted by Crippen LogP contribution is 2.36. The molecule has 38 heavy (non-hydrogen) atoms. The highest BCUT2D eigenvalue weighted by atomic mass is 16.6. The predicted octanol–water partition coefficient (Wildman–Crippen LogP) is 3.47. The monoisotopic (exact) mass is 532 g/mol. The zero-order valence-electron chi connectivity index (χ0n) is 22.4. The molecule has 1 aliphatic carbocycles. The van der Waals surface area contributed by atoms with Gasteiger partial charge in [-0.25, -0.2) is 4.79 Å². The Morgan fingerprint density at radius 2 is 2.00 bits per heavy atom. The molecule has 208 valence electrons. The third-order valence-electron chi connectivity index (χ3n) is 6.41. The van der Waals surface area contributed by atoms with E-state index in [0.29, 0.717) is 25.1 Å². The molecule has 2 aromatic rings. The molecule has 3 atom stereocenters. The van der Waals surface area contributed by atoms with E-state index in [9.17, 15) is 19.5 Å². The number of amides is 2. The molecular formula is C26H36N4O8. The number of aromatic nitrogens is 2. The lowest BCUT2D eigenvalue weighted by Crippen LogP contribution is -2.46. The number of aromatic amines is 1. The molecule has 2 amide bonds. The van der Waals surface area contributed by atoms with Crippen molar-refractivity contribution in [2.45, 2.75) is 64.1 Å². The molecule has 0 spiro atoms. The first kappa shape index (κ1) is 28.8. The van der Waals surface area contributed by atoms with Crippen LogP contribution in [0.4, 0.5) is 10.6 Å². The molecule has 1 aliphatic rings. The summed E-state index contributed by atoms with van der Waals surface area (Å²) in [6.45, 7) is 5.82.